The highest BCUT2D eigenvalue weighted by Crippen LogP contribution is 2.24. The standard InChI is InChI=1S/C12H12ClFN4/c1-2-15-12-16-7-6-10(18-12)17-9-5-3-4-8(13)11(9)14/h3-7H,2H2,1H3,(H2,15,16,17,18). The Labute approximate surface area is 109 Å². The zero-order valence-corrected chi connectivity index (χ0v) is 10.5. The lowest BCUT2D eigenvalue weighted by molar-refractivity contribution is 0.632. The Morgan fingerprint density at radius 2 is 2.17 bits per heavy atom. The molecular weight excluding hydrogens is 255 g/mol. The molecule has 0 aliphatic rings. The third-order valence-corrected chi connectivity index (χ3v) is 2.50. The summed E-state index contributed by atoms with van der Waals surface area (Å²) in [6, 6.07) is 6.41. The van der Waals surface area contributed by atoms with Crippen LogP contribution < -0.4 is 10.6 Å². The van der Waals surface area contributed by atoms with Gasteiger partial charge in [-0.25, -0.2) is 9.37 Å². The number of nitrogens with one attached hydrogen (secondary N) is 2. The molecule has 0 saturated carbocycles. The minimum absolute atomic E-state index is 0.0703. The van der Waals surface area contributed by atoms with E-state index in [1.165, 1.54) is 6.07 Å². The maximum Gasteiger partial charge on any atom is 0.224 e. The second kappa shape index (κ2) is 5.64. The summed E-state index contributed by atoms with van der Waals surface area (Å²) in [4.78, 5) is 8.21. The van der Waals surface area contributed by atoms with Gasteiger partial charge >= 0.3 is 0 Å². The molecule has 1 heterocycles. The van der Waals surface area contributed by atoms with Gasteiger partial charge in [0.05, 0.1) is 10.7 Å². The van der Waals surface area contributed by atoms with Crippen molar-refractivity contribution in [2.45, 2.75) is 6.92 Å². The van der Waals surface area contributed by atoms with Crippen molar-refractivity contribution in [3.63, 3.8) is 0 Å². The second-order valence-corrected chi connectivity index (χ2v) is 3.93. The Morgan fingerprint density at radius 1 is 1.33 bits per heavy atom. The van der Waals surface area contributed by atoms with Crippen LogP contribution in [0.15, 0.2) is 30.5 Å². The molecule has 0 bridgehead atoms. The van der Waals surface area contributed by atoms with E-state index < -0.39 is 5.82 Å². The number of benzene rings is 1. The lowest BCUT2D eigenvalue weighted by Crippen LogP contribution is -2.04. The molecule has 2 rings (SSSR count). The third-order valence-electron chi connectivity index (χ3n) is 2.20. The summed E-state index contributed by atoms with van der Waals surface area (Å²) in [6.45, 7) is 2.66. The molecule has 18 heavy (non-hydrogen) atoms. The minimum atomic E-state index is -0.497. The molecule has 0 unspecified atom stereocenters. The summed E-state index contributed by atoms with van der Waals surface area (Å²) in [5.41, 5.74) is 0.281. The number of rotatable bonds is 4. The molecule has 1 aromatic carbocycles. The van der Waals surface area contributed by atoms with Crippen LogP contribution in [0.4, 0.5) is 21.8 Å². The monoisotopic (exact) mass is 266 g/mol. The third kappa shape index (κ3) is 2.87. The normalized spacial score (nSPS) is 10.2. The van der Waals surface area contributed by atoms with Crippen molar-refractivity contribution in [2.75, 3.05) is 17.2 Å². The molecule has 0 aliphatic heterocycles. The van der Waals surface area contributed by atoms with E-state index in [2.05, 4.69) is 20.6 Å². The lowest BCUT2D eigenvalue weighted by Gasteiger charge is -2.08. The Morgan fingerprint density at radius 3 is 2.94 bits per heavy atom. The highest BCUT2D eigenvalue weighted by molar-refractivity contribution is 6.31. The fourth-order valence-corrected chi connectivity index (χ4v) is 1.58. The molecule has 0 aliphatic carbocycles. The summed E-state index contributed by atoms with van der Waals surface area (Å²) in [6.07, 6.45) is 1.59. The molecule has 2 N–H and O–H groups in total. The van der Waals surface area contributed by atoms with Crippen LogP contribution in [0.1, 0.15) is 6.92 Å². The summed E-state index contributed by atoms with van der Waals surface area (Å²) in [5.74, 6) is 0.495. The van der Waals surface area contributed by atoms with Crippen LogP contribution >= 0.6 is 11.6 Å². The number of anilines is 3. The maximum atomic E-state index is 13.7. The van der Waals surface area contributed by atoms with Gasteiger partial charge in [0.1, 0.15) is 5.82 Å². The molecule has 6 heteroatoms. The van der Waals surface area contributed by atoms with Gasteiger partial charge in [0.2, 0.25) is 5.95 Å². The van der Waals surface area contributed by atoms with E-state index in [4.69, 9.17) is 11.6 Å². The predicted molar refractivity (Wildman–Crippen MR) is 70.9 cm³/mol. The molecule has 0 atom stereocenters. The van der Waals surface area contributed by atoms with E-state index in [-0.39, 0.29) is 10.7 Å². The average molecular weight is 267 g/mol. The first kappa shape index (κ1) is 12.6. The van der Waals surface area contributed by atoms with E-state index >= 15 is 0 Å². The zero-order valence-electron chi connectivity index (χ0n) is 9.74. The molecule has 0 fully saturated rings. The minimum Gasteiger partial charge on any atom is -0.354 e. The van der Waals surface area contributed by atoms with Crippen LogP contribution in [-0.2, 0) is 0 Å². The summed E-state index contributed by atoms with van der Waals surface area (Å²) < 4.78 is 13.7. The highest BCUT2D eigenvalue weighted by atomic mass is 35.5. The number of hydrogen-bond acceptors (Lipinski definition) is 4. The average Bonchev–Trinajstić information content (AvgIpc) is 2.36. The molecule has 1 aromatic heterocycles. The van der Waals surface area contributed by atoms with Crippen LogP contribution in [0.25, 0.3) is 0 Å². The van der Waals surface area contributed by atoms with Gasteiger partial charge in [0.15, 0.2) is 5.82 Å². The largest absolute Gasteiger partial charge is 0.354 e. The molecular formula is C12H12ClFN4. The van der Waals surface area contributed by atoms with Gasteiger partial charge in [0.25, 0.3) is 0 Å². The molecule has 4 nitrogen and oxygen atoms in total. The van der Waals surface area contributed by atoms with Gasteiger partial charge in [-0.2, -0.15) is 4.98 Å². The van der Waals surface area contributed by atoms with Crippen molar-refractivity contribution in [1.29, 1.82) is 0 Å². The number of aromatic nitrogens is 2. The van der Waals surface area contributed by atoms with Gasteiger partial charge in [0, 0.05) is 12.7 Å². The van der Waals surface area contributed by atoms with Crippen molar-refractivity contribution < 1.29 is 4.39 Å². The van der Waals surface area contributed by atoms with Crippen LogP contribution in [0, 0.1) is 5.82 Å². The predicted octanol–water partition coefficient (Wildman–Crippen LogP) is 3.44. The summed E-state index contributed by atoms with van der Waals surface area (Å²) in [7, 11) is 0. The van der Waals surface area contributed by atoms with Crippen LogP contribution in [0.3, 0.4) is 0 Å². The quantitative estimate of drug-likeness (QED) is 0.890. The molecule has 2 aromatic rings. The Bertz CT molecular complexity index is 547. The van der Waals surface area contributed by atoms with Gasteiger partial charge < -0.3 is 10.6 Å². The van der Waals surface area contributed by atoms with Crippen molar-refractivity contribution in [2.24, 2.45) is 0 Å². The molecule has 0 amide bonds. The summed E-state index contributed by atoms with van der Waals surface area (Å²) in [5, 5.41) is 5.91. The first-order chi connectivity index (χ1) is 8.70. The van der Waals surface area contributed by atoms with Gasteiger partial charge in [-0.3, -0.25) is 0 Å². The van der Waals surface area contributed by atoms with Gasteiger partial charge in [-0.15, -0.1) is 0 Å². The van der Waals surface area contributed by atoms with Gasteiger partial charge in [-0.1, -0.05) is 17.7 Å². The van der Waals surface area contributed by atoms with Crippen LogP contribution in [0.2, 0.25) is 5.02 Å². The van der Waals surface area contributed by atoms with E-state index in [0.29, 0.717) is 11.8 Å². The molecule has 0 radical (unpaired) electrons. The van der Waals surface area contributed by atoms with Crippen LogP contribution in [-0.4, -0.2) is 16.5 Å². The number of hydrogen-bond donors (Lipinski definition) is 2. The molecule has 0 spiro atoms. The SMILES string of the molecule is CCNc1nccc(Nc2cccc(Cl)c2F)n1. The Hall–Kier alpha value is -1.88. The zero-order chi connectivity index (χ0) is 13.0. The summed E-state index contributed by atoms with van der Waals surface area (Å²) >= 11 is 5.70. The number of halogens is 2. The second-order valence-electron chi connectivity index (χ2n) is 3.52. The van der Waals surface area contributed by atoms with E-state index in [0.717, 1.165) is 6.54 Å². The van der Waals surface area contributed by atoms with E-state index in [9.17, 15) is 4.39 Å². The number of nitrogens with zero attached hydrogens (tertiary/aromatic N) is 2. The van der Waals surface area contributed by atoms with Crippen molar-refractivity contribution >= 4 is 29.1 Å². The van der Waals surface area contributed by atoms with Crippen molar-refractivity contribution in [1.82, 2.24) is 9.97 Å². The first-order valence-corrected chi connectivity index (χ1v) is 5.86. The fourth-order valence-electron chi connectivity index (χ4n) is 1.41. The van der Waals surface area contributed by atoms with Crippen molar-refractivity contribution in [3.05, 3.63) is 41.3 Å². The maximum absolute atomic E-state index is 13.7. The first-order valence-electron chi connectivity index (χ1n) is 5.48. The van der Waals surface area contributed by atoms with E-state index in [1.807, 2.05) is 6.92 Å². The van der Waals surface area contributed by atoms with E-state index in [1.54, 1.807) is 24.4 Å². The Balaban J connectivity index is 2.23. The lowest BCUT2D eigenvalue weighted by atomic mass is 10.3. The van der Waals surface area contributed by atoms with Crippen molar-refractivity contribution in [3.8, 4) is 0 Å². The topological polar surface area (TPSA) is 49.8 Å². The molecule has 0 saturated heterocycles. The van der Waals surface area contributed by atoms with Crippen LogP contribution in [0.5, 0.6) is 0 Å². The van der Waals surface area contributed by atoms with Gasteiger partial charge in [-0.05, 0) is 25.1 Å². The smallest absolute Gasteiger partial charge is 0.224 e. The highest BCUT2D eigenvalue weighted by Gasteiger charge is 2.07. The molecule has 94 valence electrons. The Kier molecular flexibility index (Phi) is 3.94. The fraction of sp³-hybridized carbons (Fsp3) is 0.167.